The first kappa shape index (κ1) is 14.0. The normalized spacial score (nSPS) is 24.4. The quantitative estimate of drug-likeness (QED) is 0.769. The molecule has 1 unspecified atom stereocenters. The maximum atomic E-state index is 11.0. The molecule has 0 saturated carbocycles. The molecule has 0 spiro atoms. The molecule has 1 atom stereocenters. The Kier molecular flexibility index (Phi) is 4.15. The van der Waals surface area contributed by atoms with Crippen LogP contribution < -0.4 is 0 Å². The van der Waals surface area contributed by atoms with Crippen molar-refractivity contribution in [2.45, 2.75) is 45.6 Å². The molecular weight excluding hydrogens is 216 g/mol. The molecule has 0 heterocycles. The first-order valence-corrected chi connectivity index (χ1v) is 5.96. The predicted molar refractivity (Wildman–Crippen MR) is 67.5 cm³/mol. The highest BCUT2D eigenvalue weighted by atomic mass is 16.5. The molecule has 1 N–H and O–H groups in total. The Morgan fingerprint density at radius 2 is 2.18 bits per heavy atom. The van der Waals surface area contributed by atoms with Gasteiger partial charge in [0.25, 0.3) is 0 Å². The third-order valence-electron chi connectivity index (χ3n) is 3.39. The minimum absolute atomic E-state index is 0.187. The third-order valence-corrected chi connectivity index (χ3v) is 3.39. The van der Waals surface area contributed by atoms with Crippen molar-refractivity contribution in [3.05, 3.63) is 23.8 Å². The molecule has 3 heteroatoms. The summed E-state index contributed by atoms with van der Waals surface area (Å²) >= 11 is 0. The highest BCUT2D eigenvalue weighted by molar-refractivity contribution is 5.69. The summed E-state index contributed by atoms with van der Waals surface area (Å²) in [4.78, 5) is 11.0. The van der Waals surface area contributed by atoms with Crippen molar-refractivity contribution >= 4 is 5.97 Å². The van der Waals surface area contributed by atoms with Crippen molar-refractivity contribution in [1.29, 1.82) is 0 Å². The zero-order valence-electron chi connectivity index (χ0n) is 11.1. The van der Waals surface area contributed by atoms with E-state index in [1.54, 1.807) is 0 Å². The van der Waals surface area contributed by atoms with Gasteiger partial charge in [-0.3, -0.25) is 4.79 Å². The number of carbonyl (C=O) groups is 1. The summed E-state index contributed by atoms with van der Waals surface area (Å²) in [5.74, 6) is -0.198. The van der Waals surface area contributed by atoms with E-state index >= 15 is 0 Å². The van der Waals surface area contributed by atoms with E-state index in [1.807, 2.05) is 39.0 Å². The Morgan fingerprint density at radius 1 is 1.53 bits per heavy atom. The molecule has 0 aromatic rings. The largest absolute Gasteiger partial charge is 0.469 e. The lowest BCUT2D eigenvalue weighted by molar-refractivity contribution is -0.140. The van der Waals surface area contributed by atoms with E-state index in [0.29, 0.717) is 19.3 Å². The second kappa shape index (κ2) is 5.05. The fraction of sp³-hybridized carbons (Fsp3) is 0.643. The van der Waals surface area contributed by atoms with Crippen molar-refractivity contribution in [2.75, 3.05) is 7.11 Å². The van der Waals surface area contributed by atoms with Crippen molar-refractivity contribution in [3.63, 3.8) is 0 Å². The predicted octanol–water partition coefficient (Wildman–Crippen LogP) is 2.60. The van der Waals surface area contributed by atoms with Gasteiger partial charge >= 0.3 is 5.97 Å². The number of hydrogen-bond acceptors (Lipinski definition) is 3. The number of ether oxygens (including phenoxy) is 1. The molecule has 0 radical (unpaired) electrons. The second-order valence-corrected chi connectivity index (χ2v) is 5.57. The van der Waals surface area contributed by atoms with Crippen LogP contribution in [0.15, 0.2) is 23.8 Å². The van der Waals surface area contributed by atoms with Crippen LogP contribution in [0.1, 0.15) is 40.0 Å². The number of hydrogen-bond donors (Lipinski definition) is 1. The summed E-state index contributed by atoms with van der Waals surface area (Å²) in [6.45, 7) is 6.06. The van der Waals surface area contributed by atoms with Crippen molar-refractivity contribution in [1.82, 2.24) is 0 Å². The van der Waals surface area contributed by atoms with Crippen LogP contribution in [0.2, 0.25) is 0 Å². The molecule has 3 nitrogen and oxygen atoms in total. The van der Waals surface area contributed by atoms with Gasteiger partial charge in [0, 0.05) is 6.42 Å². The Hall–Kier alpha value is -1.09. The van der Waals surface area contributed by atoms with Crippen LogP contribution in [0.4, 0.5) is 0 Å². The van der Waals surface area contributed by atoms with Gasteiger partial charge in [0.2, 0.25) is 0 Å². The van der Waals surface area contributed by atoms with Crippen LogP contribution in [0.5, 0.6) is 0 Å². The maximum absolute atomic E-state index is 11.0. The van der Waals surface area contributed by atoms with Crippen molar-refractivity contribution in [2.24, 2.45) is 5.41 Å². The standard InChI is InChI=1S/C14H22O3/c1-13(2,3)14(16)9-7-11(8-10-14)5-6-12(15)17-4/h7-9,16H,5-6,10H2,1-4H3. The summed E-state index contributed by atoms with van der Waals surface area (Å²) in [6.07, 6.45) is 7.43. The van der Waals surface area contributed by atoms with Gasteiger partial charge in [0.15, 0.2) is 0 Å². The van der Waals surface area contributed by atoms with E-state index in [-0.39, 0.29) is 11.4 Å². The van der Waals surface area contributed by atoms with Crippen LogP contribution in [0.3, 0.4) is 0 Å². The SMILES string of the molecule is COC(=O)CCC1=CCC(O)(C(C)(C)C)C=C1. The summed E-state index contributed by atoms with van der Waals surface area (Å²) in [6, 6.07) is 0. The topological polar surface area (TPSA) is 46.5 Å². The molecule has 0 fully saturated rings. The van der Waals surface area contributed by atoms with E-state index in [1.165, 1.54) is 7.11 Å². The molecule has 0 bridgehead atoms. The molecule has 96 valence electrons. The molecule has 1 aliphatic rings. The second-order valence-electron chi connectivity index (χ2n) is 5.57. The zero-order chi connectivity index (χ0) is 13.1. The summed E-state index contributed by atoms with van der Waals surface area (Å²) in [5.41, 5.74) is 0.111. The van der Waals surface area contributed by atoms with Gasteiger partial charge in [-0.2, -0.15) is 0 Å². The number of esters is 1. The summed E-state index contributed by atoms with van der Waals surface area (Å²) in [5, 5.41) is 10.4. The third kappa shape index (κ3) is 3.43. The maximum Gasteiger partial charge on any atom is 0.305 e. The first-order chi connectivity index (χ1) is 7.78. The van der Waals surface area contributed by atoms with Gasteiger partial charge in [0.1, 0.15) is 0 Å². The molecule has 1 rings (SSSR count). The van der Waals surface area contributed by atoms with Crippen LogP contribution in [-0.2, 0) is 9.53 Å². The fourth-order valence-electron chi connectivity index (χ4n) is 1.76. The Morgan fingerprint density at radius 3 is 2.59 bits per heavy atom. The fourth-order valence-corrected chi connectivity index (χ4v) is 1.76. The van der Waals surface area contributed by atoms with Crippen molar-refractivity contribution in [3.8, 4) is 0 Å². The smallest absolute Gasteiger partial charge is 0.305 e. The van der Waals surface area contributed by atoms with Crippen LogP contribution in [0, 0.1) is 5.41 Å². The van der Waals surface area contributed by atoms with E-state index in [9.17, 15) is 9.90 Å². The van der Waals surface area contributed by atoms with E-state index in [2.05, 4.69) is 4.74 Å². The van der Waals surface area contributed by atoms with Crippen molar-refractivity contribution < 1.29 is 14.6 Å². The van der Waals surface area contributed by atoms with Gasteiger partial charge in [-0.15, -0.1) is 0 Å². The minimum Gasteiger partial charge on any atom is -0.469 e. The number of methoxy groups -OCH3 is 1. The molecule has 0 saturated heterocycles. The highest BCUT2D eigenvalue weighted by Crippen LogP contribution is 2.37. The minimum atomic E-state index is -0.790. The Balaban J connectivity index is 2.57. The number of aliphatic hydroxyl groups is 1. The summed E-state index contributed by atoms with van der Waals surface area (Å²) in [7, 11) is 1.39. The molecule has 0 aromatic heterocycles. The number of allylic oxidation sites excluding steroid dienone is 2. The van der Waals surface area contributed by atoms with E-state index < -0.39 is 5.60 Å². The van der Waals surface area contributed by atoms with E-state index in [0.717, 1.165) is 5.57 Å². The Bertz CT molecular complexity index is 347. The Labute approximate surface area is 103 Å². The molecule has 0 aromatic carbocycles. The molecule has 17 heavy (non-hydrogen) atoms. The molecule has 0 aliphatic heterocycles. The van der Waals surface area contributed by atoms with Crippen LogP contribution >= 0.6 is 0 Å². The lowest BCUT2D eigenvalue weighted by Crippen LogP contribution is -2.41. The molecule has 1 aliphatic carbocycles. The van der Waals surface area contributed by atoms with Gasteiger partial charge in [-0.1, -0.05) is 44.6 Å². The number of carbonyl (C=O) groups excluding carboxylic acids is 1. The van der Waals surface area contributed by atoms with E-state index in [4.69, 9.17) is 0 Å². The van der Waals surface area contributed by atoms with Gasteiger partial charge in [0.05, 0.1) is 12.7 Å². The lowest BCUT2D eigenvalue weighted by atomic mass is 9.72. The lowest BCUT2D eigenvalue weighted by Gasteiger charge is -2.39. The molecule has 0 amide bonds. The average molecular weight is 238 g/mol. The van der Waals surface area contributed by atoms with Gasteiger partial charge in [-0.25, -0.2) is 0 Å². The highest BCUT2D eigenvalue weighted by Gasteiger charge is 2.37. The monoisotopic (exact) mass is 238 g/mol. The average Bonchev–Trinajstić information content (AvgIpc) is 2.26. The summed E-state index contributed by atoms with van der Waals surface area (Å²) < 4.78 is 4.60. The van der Waals surface area contributed by atoms with Gasteiger partial charge in [-0.05, 0) is 18.3 Å². The van der Waals surface area contributed by atoms with Crippen LogP contribution in [0.25, 0.3) is 0 Å². The van der Waals surface area contributed by atoms with Gasteiger partial charge < -0.3 is 9.84 Å². The van der Waals surface area contributed by atoms with Crippen LogP contribution in [-0.4, -0.2) is 23.8 Å². The zero-order valence-corrected chi connectivity index (χ0v) is 11.1. The number of rotatable bonds is 3. The molecular formula is C14H22O3. The first-order valence-electron chi connectivity index (χ1n) is 5.96.